The minimum absolute atomic E-state index is 0.0406. The average molecular weight is 284 g/mol. The molecule has 0 radical (unpaired) electrons. The quantitative estimate of drug-likeness (QED) is 0.866. The monoisotopic (exact) mass is 284 g/mol. The van der Waals surface area contributed by atoms with E-state index in [4.69, 9.17) is 4.74 Å². The smallest absolute Gasteiger partial charge is 0.132 e. The second-order valence-corrected chi connectivity index (χ2v) is 6.26. The number of pyridine rings is 1. The zero-order valence-corrected chi connectivity index (χ0v) is 13.5. The Bertz CT molecular complexity index is 615. The van der Waals surface area contributed by atoms with Gasteiger partial charge in [0.25, 0.3) is 0 Å². The first-order valence-electron chi connectivity index (χ1n) is 7.39. The van der Waals surface area contributed by atoms with Crippen molar-refractivity contribution >= 4 is 5.82 Å². The zero-order valence-electron chi connectivity index (χ0n) is 13.5. The van der Waals surface area contributed by atoms with Crippen LogP contribution in [0.1, 0.15) is 38.8 Å². The lowest BCUT2D eigenvalue weighted by Gasteiger charge is -2.23. The highest BCUT2D eigenvalue weighted by molar-refractivity contribution is 5.46. The molecule has 2 rings (SSSR count). The molecule has 0 aliphatic carbocycles. The van der Waals surface area contributed by atoms with Crippen LogP contribution in [0.15, 0.2) is 36.5 Å². The van der Waals surface area contributed by atoms with E-state index < -0.39 is 0 Å². The Labute approximate surface area is 127 Å². The van der Waals surface area contributed by atoms with E-state index in [9.17, 15) is 0 Å². The van der Waals surface area contributed by atoms with Crippen LogP contribution in [-0.2, 0) is 5.41 Å². The van der Waals surface area contributed by atoms with Gasteiger partial charge < -0.3 is 10.1 Å². The number of rotatable bonds is 4. The Morgan fingerprint density at radius 3 is 2.57 bits per heavy atom. The predicted molar refractivity (Wildman–Crippen MR) is 88.4 cm³/mol. The lowest BCUT2D eigenvalue weighted by atomic mass is 9.85. The maximum Gasteiger partial charge on any atom is 0.132 e. The highest BCUT2D eigenvalue weighted by Crippen LogP contribution is 2.35. The molecule has 0 bridgehead atoms. The highest BCUT2D eigenvalue weighted by atomic mass is 16.5. The first kappa shape index (κ1) is 15.4. The van der Waals surface area contributed by atoms with Gasteiger partial charge in [0.2, 0.25) is 0 Å². The summed E-state index contributed by atoms with van der Waals surface area (Å²) in [5, 5.41) is 3.20. The van der Waals surface area contributed by atoms with E-state index in [2.05, 4.69) is 50.1 Å². The first-order valence-corrected chi connectivity index (χ1v) is 7.39. The van der Waals surface area contributed by atoms with Crippen LogP contribution in [0, 0.1) is 6.92 Å². The molecule has 3 heteroatoms. The van der Waals surface area contributed by atoms with Crippen LogP contribution in [0.5, 0.6) is 11.5 Å². The van der Waals surface area contributed by atoms with Crippen molar-refractivity contribution in [1.82, 2.24) is 4.98 Å². The number of aryl methyl sites for hydroxylation is 1. The molecule has 1 N–H and O–H groups in total. The van der Waals surface area contributed by atoms with Gasteiger partial charge in [0.05, 0.1) is 0 Å². The molecule has 0 saturated heterocycles. The molecule has 0 atom stereocenters. The third kappa shape index (κ3) is 3.97. The topological polar surface area (TPSA) is 34.1 Å². The number of benzene rings is 1. The Morgan fingerprint density at radius 1 is 1.14 bits per heavy atom. The van der Waals surface area contributed by atoms with Crippen LogP contribution in [-0.4, -0.2) is 11.5 Å². The average Bonchev–Trinajstić information content (AvgIpc) is 2.40. The van der Waals surface area contributed by atoms with E-state index >= 15 is 0 Å². The van der Waals surface area contributed by atoms with Crippen LogP contribution >= 0.6 is 0 Å². The minimum Gasteiger partial charge on any atom is -0.457 e. The fourth-order valence-corrected chi connectivity index (χ4v) is 2.20. The summed E-state index contributed by atoms with van der Waals surface area (Å²) >= 11 is 0. The second kappa shape index (κ2) is 6.17. The molecule has 0 fully saturated rings. The Hall–Kier alpha value is -2.03. The molecule has 0 aliphatic rings. The van der Waals surface area contributed by atoms with Gasteiger partial charge in [-0.1, -0.05) is 38.5 Å². The van der Waals surface area contributed by atoms with Crippen molar-refractivity contribution in [3.63, 3.8) is 0 Å². The van der Waals surface area contributed by atoms with Crippen molar-refractivity contribution < 1.29 is 4.74 Å². The van der Waals surface area contributed by atoms with E-state index in [0.717, 1.165) is 23.9 Å². The number of hydrogen-bond acceptors (Lipinski definition) is 3. The van der Waals surface area contributed by atoms with E-state index in [1.54, 1.807) is 6.20 Å². The van der Waals surface area contributed by atoms with Crippen molar-refractivity contribution in [3.8, 4) is 11.5 Å². The van der Waals surface area contributed by atoms with Gasteiger partial charge in [-0.15, -0.1) is 0 Å². The van der Waals surface area contributed by atoms with Crippen molar-refractivity contribution in [3.05, 3.63) is 47.7 Å². The summed E-state index contributed by atoms with van der Waals surface area (Å²) in [5.41, 5.74) is 2.50. The fourth-order valence-electron chi connectivity index (χ4n) is 2.20. The third-order valence-electron chi connectivity index (χ3n) is 3.26. The van der Waals surface area contributed by atoms with Gasteiger partial charge in [-0.05, 0) is 31.4 Å². The molecule has 0 aliphatic heterocycles. The van der Waals surface area contributed by atoms with Gasteiger partial charge >= 0.3 is 0 Å². The van der Waals surface area contributed by atoms with Gasteiger partial charge in [-0.2, -0.15) is 0 Å². The summed E-state index contributed by atoms with van der Waals surface area (Å²) in [7, 11) is 0. The molecule has 1 heterocycles. The number of anilines is 1. The maximum atomic E-state index is 6.10. The lowest BCUT2D eigenvalue weighted by molar-refractivity contribution is 0.455. The standard InChI is InChI=1S/C18H24N2O/c1-6-19-17-12-14(9-10-20-17)21-16-8-7-13(2)11-15(16)18(3,4)5/h7-12H,6H2,1-5H3,(H,19,20). The SMILES string of the molecule is CCNc1cc(Oc2ccc(C)cc2C(C)(C)C)ccn1. The first-order chi connectivity index (χ1) is 9.90. The molecule has 2 aromatic rings. The molecule has 0 unspecified atom stereocenters. The summed E-state index contributed by atoms with van der Waals surface area (Å²) in [6.07, 6.45) is 1.76. The molecule has 0 saturated carbocycles. The molecule has 1 aromatic carbocycles. The van der Waals surface area contributed by atoms with E-state index in [0.29, 0.717) is 0 Å². The Morgan fingerprint density at radius 2 is 1.90 bits per heavy atom. The van der Waals surface area contributed by atoms with Crippen LogP contribution in [0.4, 0.5) is 5.82 Å². The summed E-state index contributed by atoms with van der Waals surface area (Å²) < 4.78 is 6.10. The summed E-state index contributed by atoms with van der Waals surface area (Å²) in [4.78, 5) is 4.26. The molecule has 0 spiro atoms. The predicted octanol–water partition coefficient (Wildman–Crippen LogP) is 4.91. The zero-order chi connectivity index (χ0) is 15.5. The van der Waals surface area contributed by atoms with Gasteiger partial charge in [0.1, 0.15) is 17.3 Å². The third-order valence-corrected chi connectivity index (χ3v) is 3.26. The van der Waals surface area contributed by atoms with Crippen LogP contribution in [0.2, 0.25) is 0 Å². The van der Waals surface area contributed by atoms with Crippen molar-refractivity contribution in [1.29, 1.82) is 0 Å². The summed E-state index contributed by atoms with van der Waals surface area (Å²) in [6, 6.07) is 10.1. The Balaban J connectivity index is 2.33. The number of nitrogens with one attached hydrogen (secondary N) is 1. The van der Waals surface area contributed by atoms with Crippen LogP contribution < -0.4 is 10.1 Å². The van der Waals surface area contributed by atoms with Gasteiger partial charge in [-0.3, -0.25) is 0 Å². The van der Waals surface area contributed by atoms with E-state index in [1.807, 2.05) is 25.1 Å². The molecular weight excluding hydrogens is 260 g/mol. The van der Waals surface area contributed by atoms with Crippen molar-refractivity contribution in [2.24, 2.45) is 0 Å². The molecule has 0 amide bonds. The lowest BCUT2D eigenvalue weighted by Crippen LogP contribution is -2.12. The van der Waals surface area contributed by atoms with Gasteiger partial charge in [0.15, 0.2) is 0 Å². The van der Waals surface area contributed by atoms with Gasteiger partial charge in [0, 0.05) is 24.4 Å². The number of hydrogen-bond donors (Lipinski definition) is 1. The van der Waals surface area contributed by atoms with Crippen molar-refractivity contribution in [2.45, 2.75) is 40.0 Å². The summed E-state index contributed by atoms with van der Waals surface area (Å²) in [6.45, 7) is 11.6. The summed E-state index contributed by atoms with van der Waals surface area (Å²) in [5.74, 6) is 2.54. The second-order valence-electron chi connectivity index (χ2n) is 6.26. The molecule has 21 heavy (non-hydrogen) atoms. The van der Waals surface area contributed by atoms with Crippen LogP contribution in [0.25, 0.3) is 0 Å². The highest BCUT2D eigenvalue weighted by Gasteiger charge is 2.19. The molecular formula is C18H24N2O. The van der Waals surface area contributed by atoms with Crippen molar-refractivity contribution in [2.75, 3.05) is 11.9 Å². The minimum atomic E-state index is 0.0406. The van der Waals surface area contributed by atoms with Gasteiger partial charge in [-0.25, -0.2) is 4.98 Å². The normalized spacial score (nSPS) is 11.3. The van der Waals surface area contributed by atoms with E-state index in [1.165, 1.54) is 11.1 Å². The van der Waals surface area contributed by atoms with E-state index in [-0.39, 0.29) is 5.41 Å². The fraction of sp³-hybridized carbons (Fsp3) is 0.389. The number of ether oxygens (including phenoxy) is 1. The molecule has 3 nitrogen and oxygen atoms in total. The molecule has 112 valence electrons. The number of aromatic nitrogens is 1. The molecule has 1 aromatic heterocycles. The maximum absolute atomic E-state index is 6.10. The largest absolute Gasteiger partial charge is 0.457 e. The van der Waals surface area contributed by atoms with Crippen LogP contribution in [0.3, 0.4) is 0 Å². The Kier molecular flexibility index (Phi) is 4.51. The number of nitrogens with zero attached hydrogens (tertiary/aromatic N) is 1.